The fraction of sp³-hybridized carbons (Fsp3) is 0.474. The van der Waals surface area contributed by atoms with Crippen LogP contribution in [0.25, 0.3) is 22.8 Å². The summed E-state index contributed by atoms with van der Waals surface area (Å²) in [5, 5.41) is 20.2. The lowest BCUT2D eigenvalue weighted by atomic mass is 10.2. The summed E-state index contributed by atoms with van der Waals surface area (Å²) in [4.78, 5) is 17.9. The number of thioether (sulfide) groups is 1. The fourth-order valence-electron chi connectivity index (χ4n) is 3.25. The van der Waals surface area contributed by atoms with Crippen LogP contribution in [0.4, 0.5) is 5.82 Å². The van der Waals surface area contributed by atoms with Crippen molar-refractivity contribution in [3.05, 3.63) is 18.2 Å². The molecule has 1 aliphatic rings. The molecule has 3 atom stereocenters. The van der Waals surface area contributed by atoms with Crippen LogP contribution >= 0.6 is 11.8 Å². The maximum Gasteiger partial charge on any atom is 0.208 e. The Labute approximate surface area is 172 Å². The van der Waals surface area contributed by atoms with Crippen molar-refractivity contribution in [1.29, 1.82) is 0 Å². The molecular weight excluding hydrogens is 390 g/mol. The average Bonchev–Trinajstić information content (AvgIpc) is 3.37. The first-order valence-electron chi connectivity index (χ1n) is 9.51. The molecule has 0 aromatic carbocycles. The summed E-state index contributed by atoms with van der Waals surface area (Å²) in [6.45, 7) is 2.11. The molecule has 1 fully saturated rings. The van der Waals surface area contributed by atoms with Crippen molar-refractivity contribution < 1.29 is 10.2 Å². The van der Waals surface area contributed by atoms with Crippen LogP contribution in [0.2, 0.25) is 0 Å². The predicted octanol–water partition coefficient (Wildman–Crippen LogP) is 1.32. The lowest BCUT2D eigenvalue weighted by molar-refractivity contribution is 0.0316. The minimum Gasteiger partial charge on any atom is -0.389 e. The summed E-state index contributed by atoms with van der Waals surface area (Å²) in [6, 6.07) is 0. The highest BCUT2D eigenvalue weighted by atomic mass is 32.2. The normalized spacial score (nSPS) is 21.4. The lowest BCUT2D eigenvalue weighted by Gasteiger charge is -2.19. The van der Waals surface area contributed by atoms with Gasteiger partial charge in [0.25, 0.3) is 0 Å². The number of anilines is 1. The molecule has 152 valence electrons. The predicted molar refractivity (Wildman–Crippen MR) is 112 cm³/mol. The monoisotopic (exact) mass is 413 g/mol. The Kier molecular flexibility index (Phi) is 5.45. The second kappa shape index (κ2) is 8.02. The minimum absolute atomic E-state index is 0.224. The zero-order valence-corrected chi connectivity index (χ0v) is 17.1. The van der Waals surface area contributed by atoms with Crippen molar-refractivity contribution in [2.24, 2.45) is 7.05 Å². The molecule has 29 heavy (non-hydrogen) atoms. The maximum absolute atomic E-state index is 10.6. The molecule has 3 aromatic rings. The number of nitrogens with zero attached hydrogens (tertiary/aromatic N) is 6. The van der Waals surface area contributed by atoms with Crippen molar-refractivity contribution >= 4 is 28.7 Å². The number of rotatable bonds is 4. The van der Waals surface area contributed by atoms with Gasteiger partial charge >= 0.3 is 0 Å². The van der Waals surface area contributed by atoms with Gasteiger partial charge in [-0.2, -0.15) is 0 Å². The fourth-order valence-corrected chi connectivity index (χ4v) is 4.57. The molecule has 0 saturated carbocycles. The van der Waals surface area contributed by atoms with Crippen LogP contribution in [-0.2, 0) is 7.05 Å². The van der Waals surface area contributed by atoms with E-state index in [9.17, 15) is 10.2 Å². The Morgan fingerprint density at radius 3 is 2.76 bits per heavy atom. The zero-order valence-electron chi connectivity index (χ0n) is 16.3. The van der Waals surface area contributed by atoms with Crippen LogP contribution in [0, 0.1) is 11.8 Å². The van der Waals surface area contributed by atoms with Gasteiger partial charge in [-0.3, -0.25) is 4.57 Å². The molecule has 4 N–H and O–H groups in total. The van der Waals surface area contributed by atoms with E-state index >= 15 is 0 Å². The summed E-state index contributed by atoms with van der Waals surface area (Å²) in [7, 11) is 1.86. The number of aliphatic hydroxyl groups excluding tert-OH is 2. The first kappa shape index (κ1) is 19.7. The third-order valence-electron chi connectivity index (χ3n) is 4.82. The third kappa shape index (κ3) is 3.57. The van der Waals surface area contributed by atoms with Crippen LogP contribution in [0.5, 0.6) is 0 Å². The van der Waals surface area contributed by atoms with Gasteiger partial charge in [0.05, 0.1) is 6.10 Å². The topological polar surface area (TPSA) is 128 Å². The second-order valence-electron chi connectivity index (χ2n) is 6.96. The molecule has 0 amide bonds. The first-order chi connectivity index (χ1) is 14.0. The van der Waals surface area contributed by atoms with E-state index in [0.717, 1.165) is 19.3 Å². The molecule has 1 aliphatic heterocycles. The molecule has 0 bridgehead atoms. The van der Waals surface area contributed by atoms with Crippen LogP contribution in [0.3, 0.4) is 0 Å². The van der Waals surface area contributed by atoms with Crippen molar-refractivity contribution in [1.82, 2.24) is 29.1 Å². The van der Waals surface area contributed by atoms with Gasteiger partial charge in [0.2, 0.25) is 5.82 Å². The Bertz CT molecular complexity index is 1100. The van der Waals surface area contributed by atoms with Crippen LogP contribution in [0.15, 0.2) is 12.4 Å². The number of hydrogen-bond acceptors (Lipinski definition) is 8. The third-order valence-corrected chi connectivity index (χ3v) is 6.19. The number of nitrogens with two attached hydrogens (primary N) is 1. The van der Waals surface area contributed by atoms with Crippen LogP contribution in [-0.4, -0.2) is 57.2 Å². The standard InChI is InChI=1S/C19H23N7O2S/c1-3-4-5-6-7-12-22-15(20)13-16(23-12)26(19-14(28)11(27)10-29-19)18(24-13)17-21-8-9-25(17)2/h8-9,11,14,19,27-28H,3-5,10H2,1-2H3,(H2,20,22,23)/t11-,14-,19-/m1/s1. The van der Waals surface area contributed by atoms with Crippen LogP contribution in [0.1, 0.15) is 37.4 Å². The van der Waals surface area contributed by atoms with Crippen LogP contribution < -0.4 is 5.73 Å². The molecular formula is C19H23N7O2S. The number of aryl methyl sites for hydroxylation is 1. The van der Waals surface area contributed by atoms with E-state index in [1.54, 1.807) is 10.8 Å². The highest BCUT2D eigenvalue weighted by molar-refractivity contribution is 7.99. The number of imidazole rings is 2. The van der Waals surface area contributed by atoms with Gasteiger partial charge in [0.1, 0.15) is 11.5 Å². The van der Waals surface area contributed by atoms with Gasteiger partial charge < -0.3 is 20.5 Å². The van der Waals surface area contributed by atoms with E-state index in [0.29, 0.717) is 34.4 Å². The quantitative estimate of drug-likeness (QED) is 0.432. The second-order valence-corrected chi connectivity index (χ2v) is 8.11. The Hall–Kier alpha value is -2.61. The molecule has 9 nitrogen and oxygen atoms in total. The van der Waals surface area contributed by atoms with E-state index in [1.807, 2.05) is 17.8 Å². The summed E-state index contributed by atoms with van der Waals surface area (Å²) in [5.41, 5.74) is 7.08. The van der Waals surface area contributed by atoms with Gasteiger partial charge in [-0.15, -0.1) is 11.8 Å². The van der Waals surface area contributed by atoms with Crippen molar-refractivity contribution in [2.75, 3.05) is 11.5 Å². The number of aromatic nitrogens is 6. The maximum atomic E-state index is 10.6. The van der Waals surface area contributed by atoms with E-state index in [-0.39, 0.29) is 5.82 Å². The Morgan fingerprint density at radius 1 is 1.28 bits per heavy atom. The molecule has 0 spiro atoms. The van der Waals surface area contributed by atoms with E-state index in [2.05, 4.69) is 38.7 Å². The van der Waals surface area contributed by atoms with Crippen molar-refractivity contribution in [3.8, 4) is 23.5 Å². The highest BCUT2D eigenvalue weighted by Gasteiger charge is 2.39. The SMILES string of the molecule is CCCCC#Cc1nc(N)c2nc(-c3nccn3C)n([C@@H]3SC[C@@H](O)[C@H]3O)c2n1. The molecule has 4 heterocycles. The van der Waals surface area contributed by atoms with Gasteiger partial charge in [-0.25, -0.2) is 19.9 Å². The van der Waals surface area contributed by atoms with Gasteiger partial charge in [-0.05, 0) is 12.3 Å². The lowest BCUT2D eigenvalue weighted by Crippen LogP contribution is -2.28. The smallest absolute Gasteiger partial charge is 0.208 e. The molecule has 10 heteroatoms. The molecule has 4 rings (SSSR count). The largest absolute Gasteiger partial charge is 0.389 e. The number of fused-ring (bicyclic) bond motifs is 1. The van der Waals surface area contributed by atoms with Gasteiger partial charge in [0, 0.05) is 31.6 Å². The highest BCUT2D eigenvalue weighted by Crippen LogP contribution is 2.41. The zero-order chi connectivity index (χ0) is 20.5. The summed E-state index contributed by atoms with van der Waals surface area (Å²) < 4.78 is 3.62. The van der Waals surface area contributed by atoms with Gasteiger partial charge in [0.15, 0.2) is 28.6 Å². The Morgan fingerprint density at radius 2 is 2.10 bits per heavy atom. The number of hydrogen-bond donors (Lipinski definition) is 3. The average molecular weight is 414 g/mol. The van der Waals surface area contributed by atoms with Crippen molar-refractivity contribution in [3.63, 3.8) is 0 Å². The Balaban J connectivity index is 1.90. The molecule has 0 aliphatic carbocycles. The van der Waals surface area contributed by atoms with Crippen molar-refractivity contribution in [2.45, 2.75) is 43.8 Å². The summed E-state index contributed by atoms with van der Waals surface area (Å²) >= 11 is 1.43. The summed E-state index contributed by atoms with van der Waals surface area (Å²) in [6.07, 6.45) is 4.52. The van der Waals surface area contributed by atoms with Gasteiger partial charge in [-0.1, -0.05) is 19.3 Å². The van der Waals surface area contributed by atoms with E-state index < -0.39 is 17.6 Å². The van der Waals surface area contributed by atoms with E-state index in [1.165, 1.54) is 11.8 Å². The first-order valence-corrected chi connectivity index (χ1v) is 10.6. The number of aliphatic hydroxyl groups is 2. The molecule has 1 saturated heterocycles. The number of nitrogen functional groups attached to an aromatic ring is 1. The molecule has 0 unspecified atom stereocenters. The summed E-state index contributed by atoms with van der Waals surface area (Å²) in [5.74, 6) is 8.11. The molecule has 0 radical (unpaired) electrons. The number of unbranched alkanes of at least 4 members (excludes halogenated alkanes) is 2. The van der Waals surface area contributed by atoms with E-state index in [4.69, 9.17) is 5.73 Å². The minimum atomic E-state index is -0.966. The molecule has 3 aromatic heterocycles.